The van der Waals surface area contributed by atoms with Crippen molar-refractivity contribution in [3.8, 4) is 0 Å². The Morgan fingerprint density at radius 1 is 0.976 bits per heavy atom. The van der Waals surface area contributed by atoms with Gasteiger partial charge in [0, 0.05) is 69.4 Å². The van der Waals surface area contributed by atoms with Gasteiger partial charge in [-0.3, -0.25) is 19.2 Å². The normalized spacial score (nSPS) is 37.9. The van der Waals surface area contributed by atoms with Crippen LogP contribution in [0.3, 0.4) is 0 Å². The molecule has 0 bridgehead atoms. The molecule has 234 valence electrons. The average Bonchev–Trinajstić information content (AvgIpc) is 3.27. The maximum atomic E-state index is 14.0. The zero-order valence-electron chi connectivity index (χ0n) is 26.5. The molecule has 5 fully saturated rings. The van der Waals surface area contributed by atoms with Gasteiger partial charge in [0.1, 0.15) is 29.1 Å². The number of amides is 1. The van der Waals surface area contributed by atoms with Crippen LogP contribution in [0.1, 0.15) is 112 Å². The van der Waals surface area contributed by atoms with Gasteiger partial charge in [0.25, 0.3) is 0 Å². The zero-order valence-corrected chi connectivity index (χ0v) is 26.5. The number of ketones is 3. The molecule has 42 heavy (non-hydrogen) atoms. The Hall–Kier alpha value is -2.25. The van der Waals surface area contributed by atoms with Crippen molar-refractivity contribution < 1.29 is 33.4 Å². The van der Waals surface area contributed by atoms with Crippen molar-refractivity contribution in [1.82, 2.24) is 4.90 Å². The smallest absolute Gasteiger partial charge is 0.410 e. The molecule has 1 saturated heterocycles. The lowest BCUT2D eigenvalue weighted by atomic mass is 9.44. The molecule has 1 aliphatic heterocycles. The maximum absolute atomic E-state index is 14.0. The summed E-state index contributed by atoms with van der Waals surface area (Å²) in [5, 5.41) is 0. The molecular weight excluding hydrogens is 534 g/mol. The highest BCUT2D eigenvalue weighted by molar-refractivity contribution is 5.93. The lowest BCUT2D eigenvalue weighted by Gasteiger charge is -2.58. The number of piperidine rings is 1. The van der Waals surface area contributed by atoms with E-state index in [4.69, 9.17) is 9.47 Å². The van der Waals surface area contributed by atoms with Gasteiger partial charge in [-0.1, -0.05) is 20.8 Å². The van der Waals surface area contributed by atoms with Gasteiger partial charge in [-0.15, -0.1) is 0 Å². The summed E-state index contributed by atoms with van der Waals surface area (Å²) in [6.45, 7) is 13.0. The highest BCUT2D eigenvalue weighted by atomic mass is 16.6. The zero-order chi connectivity index (χ0) is 30.6. The molecule has 0 spiro atoms. The van der Waals surface area contributed by atoms with E-state index in [0.717, 1.165) is 19.3 Å². The molecule has 1 unspecified atom stereocenters. The summed E-state index contributed by atoms with van der Waals surface area (Å²) in [7, 11) is 0. The van der Waals surface area contributed by atoms with Gasteiger partial charge >= 0.3 is 12.1 Å². The molecule has 0 aromatic heterocycles. The summed E-state index contributed by atoms with van der Waals surface area (Å²) in [5.41, 5.74) is -1.19. The predicted molar refractivity (Wildman–Crippen MR) is 156 cm³/mol. The van der Waals surface area contributed by atoms with Gasteiger partial charge in [-0.05, 0) is 81.5 Å². The van der Waals surface area contributed by atoms with Crippen molar-refractivity contribution in [3.63, 3.8) is 0 Å². The number of hydrogen-bond acceptors (Lipinski definition) is 7. The molecule has 8 atom stereocenters. The molecule has 5 rings (SSSR count). The van der Waals surface area contributed by atoms with Crippen molar-refractivity contribution in [2.24, 2.45) is 46.3 Å². The second-order valence-electron chi connectivity index (χ2n) is 15.6. The van der Waals surface area contributed by atoms with E-state index < -0.39 is 11.0 Å². The molecular formula is C34H51NO7. The fourth-order valence-corrected chi connectivity index (χ4v) is 9.66. The topological polar surface area (TPSA) is 107 Å². The van der Waals surface area contributed by atoms with E-state index in [1.807, 2.05) is 20.8 Å². The van der Waals surface area contributed by atoms with E-state index in [1.54, 1.807) is 4.90 Å². The van der Waals surface area contributed by atoms with Crippen LogP contribution in [0.25, 0.3) is 0 Å². The molecule has 8 heteroatoms. The molecule has 0 aromatic carbocycles. The first-order valence-corrected chi connectivity index (χ1v) is 16.4. The largest absolute Gasteiger partial charge is 0.462 e. The molecule has 8 nitrogen and oxygen atoms in total. The summed E-state index contributed by atoms with van der Waals surface area (Å²) >= 11 is 0. The van der Waals surface area contributed by atoms with Crippen LogP contribution in [0.15, 0.2) is 0 Å². The number of esters is 1. The maximum Gasteiger partial charge on any atom is 0.410 e. The van der Waals surface area contributed by atoms with Gasteiger partial charge in [0.15, 0.2) is 0 Å². The van der Waals surface area contributed by atoms with Crippen LogP contribution >= 0.6 is 0 Å². The van der Waals surface area contributed by atoms with E-state index in [-0.39, 0.29) is 76.4 Å². The third-order valence-electron chi connectivity index (χ3n) is 12.1. The third kappa shape index (κ3) is 5.68. The molecule has 5 aliphatic rings. The number of carbonyl (C=O) groups excluding carboxylic acids is 5. The Morgan fingerprint density at radius 2 is 1.67 bits per heavy atom. The Morgan fingerprint density at radius 3 is 2.33 bits per heavy atom. The van der Waals surface area contributed by atoms with Crippen molar-refractivity contribution in [1.29, 1.82) is 0 Å². The van der Waals surface area contributed by atoms with Crippen LogP contribution in [0.4, 0.5) is 4.79 Å². The van der Waals surface area contributed by atoms with E-state index in [0.29, 0.717) is 64.5 Å². The first kappa shape index (κ1) is 31.2. The van der Waals surface area contributed by atoms with Crippen molar-refractivity contribution in [3.05, 3.63) is 0 Å². The third-order valence-corrected chi connectivity index (χ3v) is 12.1. The summed E-state index contributed by atoms with van der Waals surface area (Å²) in [6, 6.07) is 0. The minimum absolute atomic E-state index is 0.0493. The Balaban J connectivity index is 1.15. The quantitative estimate of drug-likeness (QED) is 0.368. The van der Waals surface area contributed by atoms with Crippen molar-refractivity contribution in [2.75, 3.05) is 13.1 Å². The number of fused-ring (bicyclic) bond motifs is 5. The number of Topliss-reactive ketones (excluding diaryl/α,β-unsaturated/α-hetero) is 3. The summed E-state index contributed by atoms with van der Waals surface area (Å²) in [4.78, 5) is 66.6. The number of ether oxygens (including phenoxy) is 2. The molecule has 0 N–H and O–H groups in total. The fourth-order valence-electron chi connectivity index (χ4n) is 9.66. The second kappa shape index (κ2) is 11.4. The predicted octanol–water partition coefficient (Wildman–Crippen LogP) is 5.93. The monoisotopic (exact) mass is 585 g/mol. The Kier molecular flexibility index (Phi) is 8.43. The van der Waals surface area contributed by atoms with Gasteiger partial charge in [-0.25, -0.2) is 4.79 Å². The average molecular weight is 586 g/mol. The van der Waals surface area contributed by atoms with E-state index >= 15 is 0 Å². The van der Waals surface area contributed by atoms with E-state index in [2.05, 4.69) is 20.8 Å². The van der Waals surface area contributed by atoms with Gasteiger partial charge in [0.2, 0.25) is 0 Å². The molecule has 1 heterocycles. The molecule has 4 aliphatic carbocycles. The number of nitrogens with zero attached hydrogens (tertiary/aromatic N) is 1. The van der Waals surface area contributed by atoms with Gasteiger partial charge in [0.05, 0.1) is 0 Å². The second-order valence-corrected chi connectivity index (χ2v) is 15.6. The van der Waals surface area contributed by atoms with Crippen molar-refractivity contribution in [2.45, 2.75) is 124 Å². The van der Waals surface area contributed by atoms with Crippen LogP contribution in [-0.4, -0.2) is 59.1 Å². The SMILES string of the molecule is C[C@H](CCC(=O)OC1CCN(C(=O)OC(C)(C)C)CC1)C1CC[C@H]2[C@@H]3C(=O)C[C@@H]4CC(=O)CC[C@]4(C)[C@H]3CC(=O)[C@]12C. The summed E-state index contributed by atoms with van der Waals surface area (Å²) in [5.74, 6) is 1.00. The molecule has 0 radical (unpaired) electrons. The van der Waals surface area contributed by atoms with Crippen LogP contribution < -0.4 is 0 Å². The summed E-state index contributed by atoms with van der Waals surface area (Å²) < 4.78 is 11.2. The number of likely N-dealkylation sites (tertiary alicyclic amines) is 1. The number of hydrogen-bond donors (Lipinski definition) is 0. The number of carbonyl (C=O) groups is 5. The van der Waals surface area contributed by atoms with E-state index in [9.17, 15) is 24.0 Å². The van der Waals surface area contributed by atoms with Gasteiger partial charge in [-0.2, -0.15) is 0 Å². The first-order chi connectivity index (χ1) is 19.6. The lowest BCUT2D eigenvalue weighted by Crippen LogP contribution is -2.60. The van der Waals surface area contributed by atoms with Crippen molar-refractivity contribution >= 4 is 29.4 Å². The Bertz CT molecular complexity index is 1120. The standard InChI is InChI=1S/C34H51NO7/c1-20(7-10-29(39)41-23-12-15-35(16-13-23)31(40)42-32(2,3)4)24-8-9-25-30-26(19-28(38)34(24,25)6)33(5)14-11-22(36)17-21(33)18-27(30)37/h20-21,23-26,30H,7-19H2,1-6H3/t20-,21+,24?,25+,26+,30+,33+,34-/m1/s1. The Labute approximate surface area is 251 Å². The highest BCUT2D eigenvalue weighted by Gasteiger charge is 2.66. The van der Waals surface area contributed by atoms with Crippen LogP contribution in [0, 0.1) is 46.3 Å². The highest BCUT2D eigenvalue weighted by Crippen LogP contribution is 2.66. The summed E-state index contributed by atoms with van der Waals surface area (Å²) in [6.07, 6.45) is 6.18. The van der Waals surface area contributed by atoms with Gasteiger partial charge < -0.3 is 14.4 Å². The number of rotatable bonds is 5. The molecule has 0 aromatic rings. The van der Waals surface area contributed by atoms with Crippen LogP contribution in [0.5, 0.6) is 0 Å². The fraction of sp³-hybridized carbons (Fsp3) is 0.853. The van der Waals surface area contributed by atoms with E-state index in [1.165, 1.54) is 0 Å². The molecule has 4 saturated carbocycles. The molecule has 1 amide bonds. The first-order valence-electron chi connectivity index (χ1n) is 16.4. The van der Waals surface area contributed by atoms with Crippen LogP contribution in [0.2, 0.25) is 0 Å². The minimum atomic E-state index is -0.540. The minimum Gasteiger partial charge on any atom is -0.462 e. The van der Waals surface area contributed by atoms with Crippen LogP contribution in [-0.2, 0) is 28.7 Å². The lowest BCUT2D eigenvalue weighted by molar-refractivity contribution is -0.166.